The van der Waals surface area contributed by atoms with Crippen molar-refractivity contribution in [1.82, 2.24) is 14.9 Å². The molecule has 1 aromatic rings. The third kappa shape index (κ3) is 4.20. The number of carbonyl (C=O) groups is 1. The van der Waals surface area contributed by atoms with Crippen molar-refractivity contribution in [3.05, 3.63) is 17.5 Å². The second-order valence-electron chi connectivity index (χ2n) is 5.31. The van der Waals surface area contributed by atoms with E-state index >= 15 is 0 Å². The summed E-state index contributed by atoms with van der Waals surface area (Å²) in [6.07, 6.45) is 2.36. The Morgan fingerprint density at radius 2 is 2.11 bits per heavy atom. The molecule has 2 rings (SSSR count). The molecule has 0 aliphatic carbocycles. The maximum absolute atomic E-state index is 12.1. The van der Waals surface area contributed by atoms with Crippen LogP contribution in [-0.4, -0.2) is 39.6 Å². The first-order valence-electron chi connectivity index (χ1n) is 6.77. The van der Waals surface area contributed by atoms with Crippen LogP contribution in [0.1, 0.15) is 31.2 Å². The molecule has 4 nitrogen and oxygen atoms in total. The molecule has 5 heteroatoms. The Morgan fingerprint density at radius 1 is 1.42 bits per heavy atom. The van der Waals surface area contributed by atoms with Crippen LogP contribution < -0.4 is 0 Å². The third-order valence-corrected chi connectivity index (χ3v) is 4.13. The van der Waals surface area contributed by atoms with Gasteiger partial charge in [-0.2, -0.15) is 0 Å². The Labute approximate surface area is 119 Å². The summed E-state index contributed by atoms with van der Waals surface area (Å²) >= 11 is 1.44. The van der Waals surface area contributed by atoms with Crippen molar-refractivity contribution in [1.29, 1.82) is 0 Å². The van der Waals surface area contributed by atoms with Crippen molar-refractivity contribution in [2.24, 2.45) is 5.92 Å². The highest BCUT2D eigenvalue weighted by Gasteiger charge is 2.21. The highest BCUT2D eigenvalue weighted by atomic mass is 32.2. The highest BCUT2D eigenvalue weighted by molar-refractivity contribution is 7.99. The maximum Gasteiger partial charge on any atom is 0.233 e. The molecule has 1 unspecified atom stereocenters. The molecular weight excluding hydrogens is 258 g/mol. The minimum atomic E-state index is 0.208. The number of nitrogens with zero attached hydrogens (tertiary/aromatic N) is 3. The van der Waals surface area contributed by atoms with Crippen LogP contribution in [0.4, 0.5) is 0 Å². The Balaban J connectivity index is 1.89. The number of piperidine rings is 1. The molecule has 104 valence electrons. The second kappa shape index (κ2) is 6.37. The standard InChI is InChI=1S/C14H21N3OS/c1-10-5-4-6-17(8-10)13(18)9-19-14-15-11(2)7-12(3)16-14/h7,10H,4-6,8-9H2,1-3H3. The first kappa shape index (κ1) is 14.3. The number of carbonyl (C=O) groups excluding carboxylic acids is 1. The van der Waals surface area contributed by atoms with Crippen LogP contribution in [0.3, 0.4) is 0 Å². The number of aromatic nitrogens is 2. The average Bonchev–Trinajstić information content (AvgIpc) is 2.35. The predicted octanol–water partition coefficient (Wildman–Crippen LogP) is 2.44. The summed E-state index contributed by atoms with van der Waals surface area (Å²) in [4.78, 5) is 22.8. The molecule has 1 aromatic heterocycles. The van der Waals surface area contributed by atoms with Crippen LogP contribution in [-0.2, 0) is 4.79 Å². The Bertz CT molecular complexity index is 444. The van der Waals surface area contributed by atoms with E-state index in [-0.39, 0.29) is 5.91 Å². The largest absolute Gasteiger partial charge is 0.342 e. The van der Waals surface area contributed by atoms with Gasteiger partial charge in [0.15, 0.2) is 5.16 Å². The first-order chi connectivity index (χ1) is 9.04. The lowest BCUT2D eigenvalue weighted by Gasteiger charge is -2.30. The Morgan fingerprint density at radius 3 is 2.74 bits per heavy atom. The number of aryl methyl sites for hydroxylation is 2. The minimum Gasteiger partial charge on any atom is -0.342 e. The summed E-state index contributed by atoms with van der Waals surface area (Å²) in [6.45, 7) is 7.91. The topological polar surface area (TPSA) is 46.1 Å². The van der Waals surface area contributed by atoms with E-state index in [4.69, 9.17) is 0 Å². The van der Waals surface area contributed by atoms with Gasteiger partial charge in [-0.3, -0.25) is 4.79 Å². The fourth-order valence-electron chi connectivity index (χ4n) is 2.39. The van der Waals surface area contributed by atoms with Gasteiger partial charge in [0.25, 0.3) is 0 Å². The van der Waals surface area contributed by atoms with E-state index in [1.165, 1.54) is 18.2 Å². The lowest BCUT2D eigenvalue weighted by molar-refractivity contribution is -0.130. The maximum atomic E-state index is 12.1. The monoisotopic (exact) mass is 279 g/mol. The van der Waals surface area contributed by atoms with Crippen molar-refractivity contribution >= 4 is 17.7 Å². The second-order valence-corrected chi connectivity index (χ2v) is 6.25. The van der Waals surface area contributed by atoms with Crippen LogP contribution in [0.5, 0.6) is 0 Å². The summed E-state index contributed by atoms with van der Waals surface area (Å²) < 4.78 is 0. The van der Waals surface area contributed by atoms with Gasteiger partial charge >= 0.3 is 0 Å². The zero-order valence-electron chi connectivity index (χ0n) is 11.8. The molecule has 0 bridgehead atoms. The van der Waals surface area contributed by atoms with Crippen molar-refractivity contribution in [3.63, 3.8) is 0 Å². The molecular formula is C14H21N3OS. The van der Waals surface area contributed by atoms with Gasteiger partial charge in [0.2, 0.25) is 5.91 Å². The number of thioether (sulfide) groups is 1. The van der Waals surface area contributed by atoms with E-state index < -0.39 is 0 Å². The first-order valence-corrected chi connectivity index (χ1v) is 7.76. The predicted molar refractivity (Wildman–Crippen MR) is 77.2 cm³/mol. The average molecular weight is 279 g/mol. The molecule has 0 saturated carbocycles. The van der Waals surface area contributed by atoms with E-state index in [9.17, 15) is 4.79 Å². The van der Waals surface area contributed by atoms with E-state index in [1.54, 1.807) is 0 Å². The molecule has 1 atom stereocenters. The number of amides is 1. The van der Waals surface area contributed by atoms with Gasteiger partial charge in [0.05, 0.1) is 5.75 Å². The molecule has 1 amide bonds. The Kier molecular flexibility index (Phi) is 4.80. The van der Waals surface area contributed by atoms with E-state index in [2.05, 4.69) is 16.9 Å². The Hall–Kier alpha value is -1.10. The van der Waals surface area contributed by atoms with Crippen molar-refractivity contribution in [2.75, 3.05) is 18.8 Å². The summed E-state index contributed by atoms with van der Waals surface area (Å²) in [5, 5.41) is 0.705. The van der Waals surface area contributed by atoms with Crippen molar-refractivity contribution in [3.8, 4) is 0 Å². The molecule has 1 saturated heterocycles. The summed E-state index contributed by atoms with van der Waals surface area (Å²) in [5.74, 6) is 1.27. The van der Waals surface area contributed by atoms with Crippen molar-refractivity contribution < 1.29 is 4.79 Å². The van der Waals surface area contributed by atoms with Gasteiger partial charge in [0.1, 0.15) is 0 Å². The van der Waals surface area contributed by atoms with Crippen LogP contribution >= 0.6 is 11.8 Å². The van der Waals surface area contributed by atoms with Gasteiger partial charge in [0, 0.05) is 24.5 Å². The van der Waals surface area contributed by atoms with Gasteiger partial charge in [-0.05, 0) is 38.7 Å². The highest BCUT2D eigenvalue weighted by Crippen LogP contribution is 2.19. The minimum absolute atomic E-state index is 0.208. The molecule has 1 aliphatic rings. The number of rotatable bonds is 3. The van der Waals surface area contributed by atoms with Crippen molar-refractivity contribution in [2.45, 2.75) is 38.8 Å². The molecule has 0 spiro atoms. The smallest absolute Gasteiger partial charge is 0.233 e. The normalized spacial score (nSPS) is 19.5. The zero-order valence-corrected chi connectivity index (χ0v) is 12.7. The molecule has 2 heterocycles. The van der Waals surface area contributed by atoms with Crippen LogP contribution in [0, 0.1) is 19.8 Å². The van der Waals surface area contributed by atoms with Crippen LogP contribution in [0.25, 0.3) is 0 Å². The van der Waals surface area contributed by atoms with Crippen LogP contribution in [0.15, 0.2) is 11.2 Å². The molecule has 0 aromatic carbocycles. The summed E-state index contributed by atoms with van der Waals surface area (Å²) in [7, 11) is 0. The fourth-order valence-corrected chi connectivity index (χ4v) is 3.24. The molecule has 1 fully saturated rings. The van der Waals surface area contributed by atoms with Gasteiger partial charge < -0.3 is 4.90 Å². The summed E-state index contributed by atoms with van der Waals surface area (Å²) in [6, 6.07) is 1.94. The third-order valence-electron chi connectivity index (χ3n) is 3.30. The molecule has 0 radical (unpaired) electrons. The fraction of sp³-hybridized carbons (Fsp3) is 0.643. The van der Waals surface area contributed by atoms with E-state index in [1.807, 2.05) is 24.8 Å². The number of hydrogen-bond donors (Lipinski definition) is 0. The lowest BCUT2D eigenvalue weighted by Crippen LogP contribution is -2.40. The number of likely N-dealkylation sites (tertiary alicyclic amines) is 1. The molecule has 1 aliphatic heterocycles. The SMILES string of the molecule is Cc1cc(C)nc(SCC(=O)N2CCCC(C)C2)n1. The quantitative estimate of drug-likeness (QED) is 0.630. The molecule has 0 N–H and O–H groups in total. The number of hydrogen-bond acceptors (Lipinski definition) is 4. The zero-order chi connectivity index (χ0) is 13.8. The molecule has 19 heavy (non-hydrogen) atoms. The van der Waals surface area contributed by atoms with Gasteiger partial charge in [-0.15, -0.1) is 0 Å². The van der Waals surface area contributed by atoms with E-state index in [0.29, 0.717) is 16.8 Å². The van der Waals surface area contributed by atoms with E-state index in [0.717, 1.165) is 30.9 Å². The lowest BCUT2D eigenvalue weighted by atomic mass is 10.0. The van der Waals surface area contributed by atoms with Gasteiger partial charge in [-0.25, -0.2) is 9.97 Å². The summed E-state index contributed by atoms with van der Waals surface area (Å²) in [5.41, 5.74) is 1.91. The van der Waals surface area contributed by atoms with Crippen LogP contribution in [0.2, 0.25) is 0 Å². The van der Waals surface area contributed by atoms with Gasteiger partial charge in [-0.1, -0.05) is 18.7 Å².